The number of hydrogen-bond donors (Lipinski definition) is 6. The summed E-state index contributed by atoms with van der Waals surface area (Å²) >= 11 is 1.87. The minimum Gasteiger partial charge on any atom is -0.504 e. The maximum absolute atomic E-state index is 14.0. The second-order valence-electron chi connectivity index (χ2n) is 16.1. The zero-order chi connectivity index (χ0) is 42.0. The van der Waals surface area contributed by atoms with E-state index < -0.39 is 34.6 Å². The van der Waals surface area contributed by atoms with Crippen LogP contribution in [0.3, 0.4) is 0 Å². The van der Waals surface area contributed by atoms with Crippen LogP contribution in [-0.2, 0) is 22.4 Å². The van der Waals surface area contributed by atoms with E-state index in [-0.39, 0.29) is 82.1 Å². The number of hydrogen-bond acceptors (Lipinski definition) is 10. The van der Waals surface area contributed by atoms with Crippen LogP contribution in [0.5, 0.6) is 17.2 Å². The maximum atomic E-state index is 14.0. The lowest BCUT2D eigenvalue weighted by Crippen LogP contribution is -2.56. The molecule has 0 radical (unpaired) electrons. The number of amides is 5. The number of urea groups is 1. The number of unbranched alkanes of at least 4 members (excludes halogenated alkanes) is 1. The Bertz CT molecular complexity index is 2290. The van der Waals surface area contributed by atoms with Crippen LogP contribution in [0.4, 0.5) is 4.79 Å². The summed E-state index contributed by atoms with van der Waals surface area (Å²) in [6.45, 7) is 6.89. The molecule has 3 aliphatic heterocycles. The molecule has 0 spiro atoms. The molecule has 4 atom stereocenters. The van der Waals surface area contributed by atoms with Crippen LogP contribution in [0.25, 0.3) is 22.1 Å². The van der Waals surface area contributed by atoms with Crippen LogP contribution in [0.15, 0.2) is 63.8 Å². The second-order valence-corrected chi connectivity index (χ2v) is 17.3. The third-order valence-corrected chi connectivity index (χ3v) is 13.0. The topological polar surface area (TPSA) is 202 Å². The van der Waals surface area contributed by atoms with Crippen molar-refractivity contribution in [2.24, 2.45) is 5.92 Å². The minimum atomic E-state index is -0.887. The fraction of sp³-hybridized carbons (Fsp3) is 0.432. The van der Waals surface area contributed by atoms with Gasteiger partial charge in [0.15, 0.2) is 11.5 Å². The van der Waals surface area contributed by atoms with E-state index in [2.05, 4.69) is 16.0 Å². The lowest BCUT2D eigenvalue weighted by Gasteiger charge is -2.36. The predicted molar refractivity (Wildman–Crippen MR) is 225 cm³/mol. The molecule has 7 rings (SSSR count). The predicted octanol–water partition coefficient (Wildman–Crippen LogP) is 4.82. The molecule has 3 aromatic carbocycles. The van der Waals surface area contributed by atoms with Crippen LogP contribution < -0.4 is 21.4 Å². The van der Waals surface area contributed by atoms with E-state index in [0.29, 0.717) is 43.4 Å². The van der Waals surface area contributed by atoms with Crippen molar-refractivity contribution in [2.45, 2.75) is 82.7 Å². The molecule has 0 bridgehead atoms. The molecule has 1 aromatic heterocycles. The molecule has 4 heterocycles. The Balaban J connectivity index is 0.994. The highest BCUT2D eigenvalue weighted by Gasteiger charge is 2.42. The molecule has 14 nitrogen and oxygen atoms in total. The van der Waals surface area contributed by atoms with Crippen LogP contribution in [0.1, 0.15) is 66.8 Å². The average molecular weight is 826 g/mol. The Kier molecular flexibility index (Phi) is 12.4. The first kappa shape index (κ1) is 41.5. The summed E-state index contributed by atoms with van der Waals surface area (Å²) in [5.41, 5.74) is 1.25. The zero-order valence-corrected chi connectivity index (χ0v) is 34.3. The lowest BCUT2D eigenvalue weighted by atomic mass is 9.95. The summed E-state index contributed by atoms with van der Waals surface area (Å²) in [5, 5.41) is 40.8. The highest BCUT2D eigenvalue weighted by Crippen LogP contribution is 2.45. The number of benzene rings is 3. The number of phenolic OH excluding ortho intramolecular Hbond substituents is 3. The number of thioether (sulfide) groups is 1. The van der Waals surface area contributed by atoms with Crippen molar-refractivity contribution in [3.05, 3.63) is 87.3 Å². The van der Waals surface area contributed by atoms with E-state index in [9.17, 15) is 39.3 Å². The van der Waals surface area contributed by atoms with Crippen molar-refractivity contribution >= 4 is 46.5 Å². The van der Waals surface area contributed by atoms with Gasteiger partial charge in [-0.25, -0.2) is 4.79 Å². The first-order valence-corrected chi connectivity index (χ1v) is 21.3. The van der Waals surface area contributed by atoms with Gasteiger partial charge in [0.25, 0.3) is 5.91 Å². The summed E-state index contributed by atoms with van der Waals surface area (Å²) in [6, 6.07) is 15.0. The van der Waals surface area contributed by atoms with Gasteiger partial charge in [0.2, 0.25) is 23.0 Å². The standard InChI is InChI=1S/C44H51N5O9S/c1-24(2)21-29-37(51)40(54)39(53)35-38(52)34(25(3)58-41(29)35)27-13-15-28(16-14-27)42(55)45-30(22-26-9-5-4-6-10-26)43(56)49-19-17-48(18-20-49)33(50)12-8-7-11-32-36-31(23-59-32)46-44(57)47-36/h4-6,9-10,13-16,24,30-32,36,51,53-54H,7-8,11-12,17-23H2,1-3H3,(H,45,55)(H2,46,47,57)/t30-,31?,32?,36?/m1/s1. The molecule has 6 N–H and O–H groups in total. The number of nitrogens with one attached hydrogen (secondary N) is 3. The SMILES string of the molecule is Cc1oc2c(CC(C)C)c(O)c(O)c(O)c2c(=O)c1-c1ccc(C(=O)N[C@H](Cc2ccccc2)C(=O)N2CCN(C(=O)CCCCC3SCC4NC(=O)NC43)CC2)cc1. The molecular weight excluding hydrogens is 775 g/mol. The molecule has 3 saturated heterocycles. The molecule has 59 heavy (non-hydrogen) atoms. The number of piperazine rings is 1. The molecule has 3 fully saturated rings. The van der Waals surface area contributed by atoms with E-state index in [4.69, 9.17) is 4.42 Å². The number of carbonyl (C=O) groups excluding carboxylic acids is 4. The van der Waals surface area contributed by atoms with Crippen molar-refractivity contribution in [3.63, 3.8) is 0 Å². The second kappa shape index (κ2) is 17.7. The van der Waals surface area contributed by atoms with Gasteiger partial charge in [-0.05, 0) is 55.4 Å². The molecule has 15 heteroatoms. The molecule has 5 amide bonds. The Hall–Kier alpha value is -5.70. The van der Waals surface area contributed by atoms with E-state index in [1.165, 1.54) is 12.1 Å². The van der Waals surface area contributed by atoms with Gasteiger partial charge in [-0.2, -0.15) is 11.8 Å². The average Bonchev–Trinajstić information content (AvgIpc) is 3.78. The van der Waals surface area contributed by atoms with Crippen LogP contribution in [0, 0.1) is 12.8 Å². The fourth-order valence-electron chi connectivity index (χ4n) is 8.38. The Morgan fingerprint density at radius 1 is 0.881 bits per heavy atom. The normalized spacial score (nSPS) is 19.4. The molecule has 0 aliphatic carbocycles. The fourth-order valence-corrected chi connectivity index (χ4v) is 9.93. The van der Waals surface area contributed by atoms with Crippen molar-refractivity contribution < 1.29 is 38.9 Å². The number of nitrogens with zero attached hydrogens (tertiary/aromatic N) is 2. The van der Waals surface area contributed by atoms with Crippen molar-refractivity contribution in [2.75, 3.05) is 31.9 Å². The van der Waals surface area contributed by atoms with Crippen molar-refractivity contribution in [3.8, 4) is 28.4 Å². The Morgan fingerprint density at radius 3 is 2.27 bits per heavy atom. The molecule has 3 aliphatic rings. The van der Waals surface area contributed by atoms with Gasteiger partial charge in [-0.15, -0.1) is 0 Å². The van der Waals surface area contributed by atoms with E-state index in [1.54, 1.807) is 28.9 Å². The van der Waals surface area contributed by atoms with Crippen LogP contribution in [-0.4, -0.2) is 104 Å². The quantitative estimate of drug-likeness (QED) is 0.0617. The van der Waals surface area contributed by atoms with Gasteiger partial charge in [0, 0.05) is 61.2 Å². The highest BCUT2D eigenvalue weighted by molar-refractivity contribution is 8.00. The van der Waals surface area contributed by atoms with Gasteiger partial charge in [0.1, 0.15) is 22.8 Å². The molecule has 0 saturated carbocycles. The van der Waals surface area contributed by atoms with Crippen LogP contribution >= 0.6 is 11.8 Å². The summed E-state index contributed by atoms with van der Waals surface area (Å²) in [5.74, 6) is -1.62. The zero-order valence-electron chi connectivity index (χ0n) is 33.5. The van der Waals surface area contributed by atoms with Crippen molar-refractivity contribution in [1.29, 1.82) is 0 Å². The Morgan fingerprint density at radius 2 is 1.58 bits per heavy atom. The number of carbonyl (C=O) groups is 4. The van der Waals surface area contributed by atoms with Crippen molar-refractivity contribution in [1.82, 2.24) is 25.8 Å². The van der Waals surface area contributed by atoms with E-state index in [1.807, 2.05) is 55.9 Å². The lowest BCUT2D eigenvalue weighted by molar-refractivity contribution is -0.140. The third-order valence-electron chi connectivity index (χ3n) is 11.5. The third kappa shape index (κ3) is 8.85. The molecule has 3 unspecified atom stereocenters. The first-order chi connectivity index (χ1) is 28.3. The summed E-state index contributed by atoms with van der Waals surface area (Å²) < 4.78 is 6.03. The number of aryl methyl sites for hydroxylation is 1. The van der Waals surface area contributed by atoms with Gasteiger partial charge >= 0.3 is 6.03 Å². The number of phenols is 3. The number of aromatic hydroxyl groups is 3. The number of fused-ring (bicyclic) bond motifs is 2. The summed E-state index contributed by atoms with van der Waals surface area (Å²) in [7, 11) is 0. The highest BCUT2D eigenvalue weighted by atomic mass is 32.2. The smallest absolute Gasteiger partial charge is 0.315 e. The maximum Gasteiger partial charge on any atom is 0.315 e. The van der Waals surface area contributed by atoms with E-state index in [0.717, 1.165) is 30.6 Å². The summed E-state index contributed by atoms with van der Waals surface area (Å²) in [6.07, 6.45) is 3.56. The Labute approximate surface area is 346 Å². The molecule has 4 aromatic rings. The van der Waals surface area contributed by atoms with Gasteiger partial charge < -0.3 is 45.5 Å². The monoisotopic (exact) mass is 825 g/mol. The van der Waals surface area contributed by atoms with E-state index >= 15 is 0 Å². The minimum absolute atomic E-state index is 0.000831. The molecular formula is C44H51N5O9S. The summed E-state index contributed by atoms with van der Waals surface area (Å²) in [4.78, 5) is 69.9. The van der Waals surface area contributed by atoms with Crippen LogP contribution in [0.2, 0.25) is 0 Å². The first-order valence-electron chi connectivity index (χ1n) is 20.2. The van der Waals surface area contributed by atoms with Gasteiger partial charge in [0.05, 0.1) is 17.6 Å². The van der Waals surface area contributed by atoms with Gasteiger partial charge in [-0.3, -0.25) is 19.2 Å². The van der Waals surface area contributed by atoms with Gasteiger partial charge in [-0.1, -0.05) is 62.7 Å². The molecule has 312 valence electrons. The largest absolute Gasteiger partial charge is 0.504 e. The number of rotatable bonds is 13.